The highest BCUT2D eigenvalue weighted by Crippen LogP contribution is 2.47. The molecule has 1 fully saturated rings. The molecule has 0 aliphatic heterocycles. The van der Waals surface area contributed by atoms with E-state index in [2.05, 4.69) is 15.1 Å². The first-order chi connectivity index (χ1) is 8.08. The summed E-state index contributed by atoms with van der Waals surface area (Å²) in [4.78, 5) is 19.7. The van der Waals surface area contributed by atoms with Crippen molar-refractivity contribution in [1.29, 1.82) is 0 Å². The zero-order valence-electron chi connectivity index (χ0n) is 9.51. The van der Waals surface area contributed by atoms with Crippen molar-refractivity contribution in [2.75, 3.05) is 0 Å². The molecule has 2 atom stereocenters. The summed E-state index contributed by atoms with van der Waals surface area (Å²) in [6.45, 7) is 3.82. The molecule has 2 unspecified atom stereocenters. The van der Waals surface area contributed by atoms with E-state index >= 15 is 0 Å². The number of rotatable bonds is 2. The molecular formula is C11H11ClN4O. The summed E-state index contributed by atoms with van der Waals surface area (Å²) in [6, 6.07) is 0. The highest BCUT2D eigenvalue weighted by molar-refractivity contribution is 6.64. The Kier molecular flexibility index (Phi) is 2.19. The maximum atomic E-state index is 11.0. The number of aryl methyl sites for hydroxylation is 2. The van der Waals surface area contributed by atoms with E-state index < -0.39 is 0 Å². The van der Waals surface area contributed by atoms with Gasteiger partial charge in [-0.25, -0.2) is 9.50 Å². The summed E-state index contributed by atoms with van der Waals surface area (Å²) in [6.07, 6.45) is 2.52. The van der Waals surface area contributed by atoms with Crippen LogP contribution >= 0.6 is 11.6 Å². The molecule has 2 heterocycles. The van der Waals surface area contributed by atoms with Gasteiger partial charge in [-0.3, -0.25) is 9.78 Å². The monoisotopic (exact) mass is 250 g/mol. The van der Waals surface area contributed by atoms with Crippen LogP contribution in [0.5, 0.6) is 0 Å². The van der Waals surface area contributed by atoms with Crippen LogP contribution in [-0.4, -0.2) is 24.8 Å². The normalized spacial score (nSPS) is 23.0. The van der Waals surface area contributed by atoms with E-state index in [4.69, 9.17) is 11.6 Å². The van der Waals surface area contributed by atoms with Crippen LogP contribution in [-0.2, 0) is 4.79 Å². The molecule has 2 aromatic heterocycles. The molecular weight excluding hydrogens is 240 g/mol. The van der Waals surface area contributed by atoms with Crippen molar-refractivity contribution in [3.8, 4) is 0 Å². The summed E-state index contributed by atoms with van der Waals surface area (Å²) in [5, 5.41) is 4.13. The van der Waals surface area contributed by atoms with Crippen molar-refractivity contribution in [3.05, 3.63) is 23.4 Å². The summed E-state index contributed by atoms with van der Waals surface area (Å²) in [5.41, 5.74) is 2.52. The molecule has 5 nitrogen and oxygen atoms in total. The molecule has 0 spiro atoms. The van der Waals surface area contributed by atoms with Gasteiger partial charge in [-0.05, 0) is 31.9 Å². The van der Waals surface area contributed by atoms with Crippen molar-refractivity contribution < 1.29 is 4.79 Å². The third kappa shape index (κ3) is 1.61. The van der Waals surface area contributed by atoms with Crippen LogP contribution in [0.25, 0.3) is 5.65 Å². The van der Waals surface area contributed by atoms with Gasteiger partial charge in [0, 0.05) is 18.0 Å². The highest BCUT2D eigenvalue weighted by Gasteiger charge is 2.46. The Balaban J connectivity index is 2.06. The minimum Gasteiger partial charge on any atom is -0.281 e. The number of aromatic nitrogens is 4. The van der Waals surface area contributed by atoms with Gasteiger partial charge in [0.15, 0.2) is 11.5 Å². The third-order valence-electron chi connectivity index (χ3n) is 3.14. The second-order valence-electron chi connectivity index (χ2n) is 4.44. The number of hydrogen-bond acceptors (Lipinski definition) is 4. The molecule has 0 amide bonds. The molecule has 2 aromatic rings. The first-order valence-electron chi connectivity index (χ1n) is 5.46. The molecule has 1 aliphatic carbocycles. The Bertz CT molecular complexity index is 582. The zero-order chi connectivity index (χ0) is 12.2. The fraction of sp³-hybridized carbons (Fsp3) is 0.455. The van der Waals surface area contributed by atoms with Crippen molar-refractivity contribution in [3.63, 3.8) is 0 Å². The number of carbonyl (C=O) groups excluding carboxylic acids is 1. The lowest BCUT2D eigenvalue weighted by Crippen LogP contribution is -1.98. The van der Waals surface area contributed by atoms with Gasteiger partial charge in [-0.1, -0.05) is 0 Å². The first kappa shape index (κ1) is 10.7. The van der Waals surface area contributed by atoms with Gasteiger partial charge >= 0.3 is 0 Å². The minimum atomic E-state index is -0.291. The van der Waals surface area contributed by atoms with Crippen molar-refractivity contribution in [2.45, 2.75) is 26.2 Å². The SMILES string of the molecule is Cc1ncc(C)n2nc(C3CC3C(=O)Cl)nc12. The van der Waals surface area contributed by atoms with E-state index in [0.29, 0.717) is 5.82 Å². The number of fused-ring (bicyclic) bond motifs is 1. The molecule has 1 aliphatic rings. The highest BCUT2D eigenvalue weighted by atomic mass is 35.5. The number of hydrogen-bond donors (Lipinski definition) is 0. The molecule has 0 aromatic carbocycles. The maximum absolute atomic E-state index is 11.0. The fourth-order valence-electron chi connectivity index (χ4n) is 2.00. The lowest BCUT2D eigenvalue weighted by molar-refractivity contribution is -0.112. The lowest BCUT2D eigenvalue weighted by Gasteiger charge is -1.97. The second kappa shape index (κ2) is 3.50. The average molecular weight is 251 g/mol. The summed E-state index contributed by atoms with van der Waals surface area (Å²) in [5.74, 6) is 0.671. The summed E-state index contributed by atoms with van der Waals surface area (Å²) < 4.78 is 1.77. The number of halogens is 1. The van der Waals surface area contributed by atoms with Crippen molar-refractivity contribution >= 4 is 22.5 Å². The van der Waals surface area contributed by atoms with Gasteiger partial charge in [-0.15, -0.1) is 0 Å². The van der Waals surface area contributed by atoms with Crippen LogP contribution in [0, 0.1) is 19.8 Å². The molecule has 0 saturated heterocycles. The van der Waals surface area contributed by atoms with E-state index in [-0.39, 0.29) is 17.1 Å². The Morgan fingerprint density at radius 2 is 2.29 bits per heavy atom. The molecule has 0 N–H and O–H groups in total. The van der Waals surface area contributed by atoms with Gasteiger partial charge in [-0.2, -0.15) is 5.10 Å². The molecule has 1 saturated carbocycles. The van der Waals surface area contributed by atoms with E-state index in [1.807, 2.05) is 13.8 Å². The molecule has 0 radical (unpaired) electrons. The van der Waals surface area contributed by atoms with Crippen LogP contribution < -0.4 is 0 Å². The largest absolute Gasteiger partial charge is 0.281 e. The van der Waals surface area contributed by atoms with Crippen LogP contribution in [0.15, 0.2) is 6.20 Å². The fourth-order valence-corrected chi connectivity index (χ4v) is 2.24. The molecule has 88 valence electrons. The van der Waals surface area contributed by atoms with Crippen LogP contribution in [0.1, 0.15) is 29.6 Å². The molecule has 0 bridgehead atoms. The average Bonchev–Trinajstić information content (AvgIpc) is 2.96. The third-order valence-corrected chi connectivity index (χ3v) is 3.42. The molecule has 6 heteroatoms. The standard InChI is InChI=1S/C11H11ClN4O/c1-5-4-13-6(2)11-14-10(15-16(5)11)8-3-7(8)9(12)17/h4,7-8H,3H2,1-2H3. The summed E-state index contributed by atoms with van der Waals surface area (Å²) >= 11 is 5.47. The van der Waals surface area contributed by atoms with E-state index in [0.717, 1.165) is 23.5 Å². The Hall–Kier alpha value is -1.49. The topological polar surface area (TPSA) is 60.2 Å². The second-order valence-corrected chi connectivity index (χ2v) is 4.82. The Labute approximate surface area is 103 Å². The first-order valence-corrected chi connectivity index (χ1v) is 5.84. The van der Waals surface area contributed by atoms with Crippen molar-refractivity contribution in [2.24, 2.45) is 5.92 Å². The van der Waals surface area contributed by atoms with Gasteiger partial charge < -0.3 is 0 Å². The van der Waals surface area contributed by atoms with E-state index in [9.17, 15) is 4.79 Å². The molecule has 3 rings (SSSR count). The Morgan fingerprint density at radius 1 is 1.53 bits per heavy atom. The minimum absolute atomic E-state index is 0.0821. The Morgan fingerprint density at radius 3 is 2.88 bits per heavy atom. The lowest BCUT2D eigenvalue weighted by atomic mass is 10.3. The van der Waals surface area contributed by atoms with Gasteiger partial charge in [0.05, 0.1) is 11.4 Å². The quantitative estimate of drug-likeness (QED) is 0.760. The van der Waals surface area contributed by atoms with Gasteiger partial charge in [0.25, 0.3) is 0 Å². The van der Waals surface area contributed by atoms with Gasteiger partial charge in [0.2, 0.25) is 5.24 Å². The predicted octanol–water partition coefficient (Wildman–Crippen LogP) is 1.61. The van der Waals surface area contributed by atoms with Crippen LogP contribution in [0.4, 0.5) is 0 Å². The maximum Gasteiger partial charge on any atom is 0.225 e. The van der Waals surface area contributed by atoms with Crippen molar-refractivity contribution in [1.82, 2.24) is 19.6 Å². The molecule has 17 heavy (non-hydrogen) atoms. The number of carbonyl (C=O) groups is 1. The number of nitrogens with zero attached hydrogens (tertiary/aromatic N) is 4. The smallest absolute Gasteiger partial charge is 0.225 e. The van der Waals surface area contributed by atoms with Crippen LogP contribution in [0.3, 0.4) is 0 Å². The van der Waals surface area contributed by atoms with Crippen LogP contribution in [0.2, 0.25) is 0 Å². The van der Waals surface area contributed by atoms with E-state index in [1.54, 1.807) is 10.7 Å². The van der Waals surface area contributed by atoms with E-state index in [1.165, 1.54) is 0 Å². The summed E-state index contributed by atoms with van der Waals surface area (Å²) in [7, 11) is 0. The van der Waals surface area contributed by atoms with Gasteiger partial charge in [0.1, 0.15) is 0 Å². The zero-order valence-corrected chi connectivity index (χ0v) is 10.3. The predicted molar refractivity (Wildman–Crippen MR) is 62.0 cm³/mol.